The van der Waals surface area contributed by atoms with Crippen LogP contribution in [0.2, 0.25) is 0 Å². The lowest BCUT2D eigenvalue weighted by Gasteiger charge is -2.26. The predicted molar refractivity (Wildman–Crippen MR) is 70.8 cm³/mol. The van der Waals surface area contributed by atoms with Gasteiger partial charge in [-0.25, -0.2) is 0 Å². The summed E-state index contributed by atoms with van der Waals surface area (Å²) in [7, 11) is 1.19. The Hall–Kier alpha value is -1.60. The summed E-state index contributed by atoms with van der Waals surface area (Å²) in [6.07, 6.45) is -4.40. The van der Waals surface area contributed by atoms with Gasteiger partial charge in [-0.3, -0.25) is 9.69 Å². The fourth-order valence-corrected chi connectivity index (χ4v) is 2.03. The summed E-state index contributed by atoms with van der Waals surface area (Å²) in [6, 6.07) is 8.47. The van der Waals surface area contributed by atoms with Crippen molar-refractivity contribution in [3.05, 3.63) is 35.9 Å². The molecule has 21 heavy (non-hydrogen) atoms. The number of esters is 1. The molecule has 0 aliphatic rings. The van der Waals surface area contributed by atoms with Crippen molar-refractivity contribution in [2.24, 2.45) is 0 Å². The molecule has 7 heteroatoms. The Kier molecular flexibility index (Phi) is 6.64. The number of halogens is 3. The molecule has 0 radical (unpaired) electrons. The highest BCUT2D eigenvalue weighted by Gasteiger charge is 2.33. The van der Waals surface area contributed by atoms with Gasteiger partial charge in [0.1, 0.15) is 0 Å². The molecule has 0 amide bonds. The third-order valence-electron chi connectivity index (χ3n) is 2.95. The summed E-state index contributed by atoms with van der Waals surface area (Å²) >= 11 is 0. The molecule has 1 aromatic carbocycles. The van der Waals surface area contributed by atoms with Crippen LogP contribution in [0, 0.1) is 0 Å². The van der Waals surface area contributed by atoms with E-state index in [9.17, 15) is 18.0 Å². The van der Waals surface area contributed by atoms with E-state index in [0.717, 1.165) is 4.90 Å². The SMILES string of the molecule is COC(=O)C(CN(CCO)CC(F)(F)F)c1ccccc1. The molecule has 0 bridgehead atoms. The number of nitrogens with zero attached hydrogens (tertiary/aromatic N) is 1. The van der Waals surface area contributed by atoms with Crippen LogP contribution in [0.25, 0.3) is 0 Å². The van der Waals surface area contributed by atoms with Crippen molar-refractivity contribution in [3.8, 4) is 0 Å². The molecule has 1 atom stereocenters. The molecule has 1 N–H and O–H groups in total. The maximum absolute atomic E-state index is 12.5. The number of hydrogen-bond donors (Lipinski definition) is 1. The summed E-state index contributed by atoms with van der Waals surface area (Å²) in [5.41, 5.74) is 0.578. The average Bonchev–Trinajstić information content (AvgIpc) is 2.43. The highest BCUT2D eigenvalue weighted by molar-refractivity contribution is 5.78. The topological polar surface area (TPSA) is 49.8 Å². The highest BCUT2D eigenvalue weighted by Crippen LogP contribution is 2.22. The van der Waals surface area contributed by atoms with Crippen molar-refractivity contribution < 1.29 is 27.8 Å². The van der Waals surface area contributed by atoms with Crippen molar-refractivity contribution in [3.63, 3.8) is 0 Å². The van der Waals surface area contributed by atoms with Gasteiger partial charge in [0, 0.05) is 13.1 Å². The fraction of sp³-hybridized carbons (Fsp3) is 0.500. The van der Waals surface area contributed by atoms with Crippen LogP contribution in [0.1, 0.15) is 11.5 Å². The molecular formula is C14H18F3NO3. The van der Waals surface area contributed by atoms with Crippen molar-refractivity contribution in [2.45, 2.75) is 12.1 Å². The van der Waals surface area contributed by atoms with Crippen molar-refractivity contribution >= 4 is 5.97 Å². The predicted octanol–water partition coefficient (Wildman–Crippen LogP) is 1.80. The van der Waals surface area contributed by atoms with Crippen LogP contribution in [0.3, 0.4) is 0 Å². The van der Waals surface area contributed by atoms with Crippen LogP contribution in [0.15, 0.2) is 30.3 Å². The Morgan fingerprint density at radius 3 is 2.43 bits per heavy atom. The smallest absolute Gasteiger partial charge is 0.401 e. The first-order valence-corrected chi connectivity index (χ1v) is 6.40. The Morgan fingerprint density at radius 1 is 1.33 bits per heavy atom. The zero-order chi connectivity index (χ0) is 15.9. The van der Waals surface area contributed by atoms with Crippen molar-refractivity contribution in [2.75, 3.05) is 33.4 Å². The second-order valence-corrected chi connectivity index (χ2v) is 4.56. The first-order valence-electron chi connectivity index (χ1n) is 6.40. The second kappa shape index (κ2) is 7.99. The normalized spacial score (nSPS) is 13.2. The molecule has 0 saturated heterocycles. The monoisotopic (exact) mass is 305 g/mol. The average molecular weight is 305 g/mol. The number of rotatable bonds is 7. The van der Waals surface area contributed by atoms with Gasteiger partial charge in [0.25, 0.3) is 0 Å². The van der Waals surface area contributed by atoms with Gasteiger partial charge >= 0.3 is 12.1 Å². The van der Waals surface area contributed by atoms with Crippen LogP contribution in [-0.2, 0) is 9.53 Å². The summed E-state index contributed by atoms with van der Waals surface area (Å²) in [4.78, 5) is 12.8. The minimum atomic E-state index is -4.40. The van der Waals surface area contributed by atoms with E-state index >= 15 is 0 Å². The second-order valence-electron chi connectivity index (χ2n) is 4.56. The Bertz CT molecular complexity index is 437. The molecule has 0 heterocycles. The Balaban J connectivity index is 2.90. The van der Waals surface area contributed by atoms with Gasteiger partial charge in [-0.05, 0) is 5.56 Å². The van der Waals surface area contributed by atoms with Crippen LogP contribution in [0.5, 0.6) is 0 Å². The maximum atomic E-state index is 12.5. The van der Waals surface area contributed by atoms with Crippen LogP contribution in [-0.4, -0.2) is 55.5 Å². The molecule has 0 aromatic heterocycles. The van der Waals surface area contributed by atoms with E-state index in [0.29, 0.717) is 5.56 Å². The number of ether oxygens (including phenoxy) is 1. The van der Waals surface area contributed by atoms with Crippen LogP contribution >= 0.6 is 0 Å². The molecule has 118 valence electrons. The number of benzene rings is 1. The Labute approximate surface area is 121 Å². The zero-order valence-electron chi connectivity index (χ0n) is 11.6. The molecule has 0 aliphatic heterocycles. The fourth-order valence-electron chi connectivity index (χ4n) is 2.03. The highest BCUT2D eigenvalue weighted by atomic mass is 19.4. The number of alkyl halides is 3. The molecule has 0 fully saturated rings. The van der Waals surface area contributed by atoms with Gasteiger partial charge in [0.2, 0.25) is 0 Å². The summed E-state index contributed by atoms with van der Waals surface area (Å²) in [6.45, 7) is -1.94. The van der Waals surface area contributed by atoms with E-state index in [2.05, 4.69) is 4.74 Å². The van der Waals surface area contributed by atoms with Crippen LogP contribution in [0.4, 0.5) is 13.2 Å². The van der Waals surface area contributed by atoms with Gasteiger partial charge < -0.3 is 9.84 Å². The number of aliphatic hydroxyl groups is 1. The van der Waals surface area contributed by atoms with E-state index in [-0.39, 0.29) is 13.1 Å². The maximum Gasteiger partial charge on any atom is 0.401 e. The number of hydrogen-bond acceptors (Lipinski definition) is 4. The van der Waals surface area contributed by atoms with E-state index < -0.39 is 31.2 Å². The molecule has 1 rings (SSSR count). The third kappa shape index (κ3) is 6.14. The van der Waals surface area contributed by atoms with Gasteiger partial charge in [-0.15, -0.1) is 0 Å². The first-order chi connectivity index (χ1) is 9.87. The van der Waals surface area contributed by atoms with Gasteiger partial charge in [0.05, 0.1) is 26.2 Å². The number of methoxy groups -OCH3 is 1. The molecule has 0 aliphatic carbocycles. The summed E-state index contributed by atoms with van der Waals surface area (Å²) < 4.78 is 42.2. The number of aliphatic hydroxyl groups excluding tert-OH is 1. The quantitative estimate of drug-likeness (QED) is 0.781. The minimum Gasteiger partial charge on any atom is -0.469 e. The van der Waals surface area contributed by atoms with E-state index in [4.69, 9.17) is 5.11 Å². The van der Waals surface area contributed by atoms with Crippen molar-refractivity contribution in [1.82, 2.24) is 4.90 Å². The first kappa shape index (κ1) is 17.5. The lowest BCUT2D eigenvalue weighted by atomic mass is 9.98. The molecule has 4 nitrogen and oxygen atoms in total. The summed E-state index contributed by atoms with van der Waals surface area (Å²) in [5, 5.41) is 8.89. The van der Waals surface area contributed by atoms with Gasteiger partial charge in [0.15, 0.2) is 0 Å². The van der Waals surface area contributed by atoms with E-state index in [1.54, 1.807) is 30.3 Å². The van der Waals surface area contributed by atoms with Crippen LogP contribution < -0.4 is 0 Å². The molecule has 0 spiro atoms. The number of carbonyl (C=O) groups excluding carboxylic acids is 1. The third-order valence-corrected chi connectivity index (χ3v) is 2.95. The molecular weight excluding hydrogens is 287 g/mol. The zero-order valence-corrected chi connectivity index (χ0v) is 11.6. The lowest BCUT2D eigenvalue weighted by Crippen LogP contribution is -2.40. The number of carbonyl (C=O) groups is 1. The molecule has 1 unspecified atom stereocenters. The van der Waals surface area contributed by atoms with Gasteiger partial charge in [-0.2, -0.15) is 13.2 Å². The lowest BCUT2D eigenvalue weighted by molar-refractivity contribution is -0.153. The minimum absolute atomic E-state index is 0.167. The van der Waals surface area contributed by atoms with Gasteiger partial charge in [-0.1, -0.05) is 30.3 Å². The molecule has 0 saturated carbocycles. The van der Waals surface area contributed by atoms with Crippen molar-refractivity contribution in [1.29, 1.82) is 0 Å². The molecule has 1 aromatic rings. The largest absolute Gasteiger partial charge is 0.469 e. The standard InChI is InChI=1S/C14H18F3NO3/c1-21-13(20)12(11-5-3-2-4-6-11)9-18(7-8-19)10-14(15,16)17/h2-6,12,19H,7-10H2,1H3. The van der Waals surface area contributed by atoms with E-state index in [1.165, 1.54) is 7.11 Å². The summed E-state index contributed by atoms with van der Waals surface area (Å²) in [5.74, 6) is -1.43. The Morgan fingerprint density at radius 2 is 1.95 bits per heavy atom. The van der Waals surface area contributed by atoms with E-state index in [1.807, 2.05) is 0 Å².